The van der Waals surface area contributed by atoms with Gasteiger partial charge in [-0.25, -0.2) is 10.0 Å². The summed E-state index contributed by atoms with van der Waals surface area (Å²) < 4.78 is 0. The molecule has 38 heavy (non-hydrogen) atoms. The molecule has 1 unspecified atom stereocenters. The van der Waals surface area contributed by atoms with Crippen molar-refractivity contribution in [2.75, 3.05) is 52.4 Å². The van der Waals surface area contributed by atoms with Gasteiger partial charge in [0.05, 0.1) is 30.1 Å². The first-order valence-corrected chi connectivity index (χ1v) is 12.5. The van der Waals surface area contributed by atoms with Crippen molar-refractivity contribution >= 4 is 46.9 Å². The Kier molecular flexibility index (Phi) is 12.9. The Labute approximate surface area is 225 Å². The molecule has 0 saturated carbocycles. The van der Waals surface area contributed by atoms with E-state index < -0.39 is 49.7 Å². The highest BCUT2D eigenvalue weighted by Crippen LogP contribution is 2.20. The quantitative estimate of drug-likeness (QED) is 0.226. The number of hydrazine groups is 1. The third-order valence-corrected chi connectivity index (χ3v) is 6.16. The van der Waals surface area contributed by atoms with E-state index in [1.54, 1.807) is 34.1 Å². The number of aliphatic carboxylic acids is 4. The molecule has 0 bridgehead atoms. The summed E-state index contributed by atoms with van der Waals surface area (Å²) in [7, 11) is 0. The molecular formula is C24H33N5O8S. The monoisotopic (exact) mass is 551 g/mol. The van der Waals surface area contributed by atoms with E-state index in [0.29, 0.717) is 31.5 Å². The third kappa shape index (κ3) is 11.0. The summed E-state index contributed by atoms with van der Waals surface area (Å²) in [5, 5.41) is 43.5. The molecule has 4 N–H and O–H groups in total. The molecule has 14 heteroatoms. The molecule has 1 aliphatic rings. The third-order valence-electron chi connectivity index (χ3n) is 6.06. The maximum atomic E-state index is 11.9. The van der Waals surface area contributed by atoms with E-state index in [4.69, 9.17) is 0 Å². The van der Waals surface area contributed by atoms with Crippen LogP contribution in [-0.2, 0) is 25.6 Å². The van der Waals surface area contributed by atoms with Gasteiger partial charge in [-0.2, -0.15) is 4.99 Å². The van der Waals surface area contributed by atoms with Crippen molar-refractivity contribution < 1.29 is 39.6 Å². The SMILES string of the molecule is O=C(O)CN1CCCCCN(CC(=O)O)N(CC(=O)O)C(Cc2ccc(N=C=S)cc2)N(CC(=O)O)CC1. The number of benzene rings is 1. The summed E-state index contributed by atoms with van der Waals surface area (Å²) in [6, 6.07) is 6.88. The standard InChI is InChI=1S/C24H33N5O8S/c30-21(31)13-26-8-2-1-3-9-28(15-23(34)35)29(16-24(36)37)20(27(11-10-26)14-22(32)33)12-18-4-6-19(7-5-18)25-17-38/h4-7,20H,1-3,8-16H2,(H,30,31)(H,32,33)(H,34,35)(H,36,37). The molecule has 1 fully saturated rings. The zero-order valence-corrected chi connectivity index (χ0v) is 21.8. The van der Waals surface area contributed by atoms with Crippen LogP contribution in [0.2, 0.25) is 0 Å². The number of hydrogen-bond acceptors (Lipinski definition) is 10. The van der Waals surface area contributed by atoms with Crippen molar-refractivity contribution in [3.63, 3.8) is 0 Å². The van der Waals surface area contributed by atoms with Gasteiger partial charge in [-0.1, -0.05) is 18.6 Å². The average Bonchev–Trinajstić information content (AvgIpc) is 2.82. The van der Waals surface area contributed by atoms with E-state index in [-0.39, 0.29) is 32.6 Å². The van der Waals surface area contributed by atoms with Gasteiger partial charge in [0.15, 0.2) is 0 Å². The Morgan fingerprint density at radius 3 is 1.97 bits per heavy atom. The summed E-state index contributed by atoms with van der Waals surface area (Å²) in [5.41, 5.74) is 1.29. The molecule has 0 spiro atoms. The second-order valence-electron chi connectivity index (χ2n) is 8.92. The lowest BCUT2D eigenvalue weighted by molar-refractivity contribution is -0.168. The number of aliphatic imine (C=N–C) groups is 1. The van der Waals surface area contributed by atoms with Crippen LogP contribution in [0.25, 0.3) is 0 Å². The largest absolute Gasteiger partial charge is 0.480 e. The van der Waals surface area contributed by atoms with E-state index >= 15 is 0 Å². The number of hydrogen-bond donors (Lipinski definition) is 4. The van der Waals surface area contributed by atoms with Crippen molar-refractivity contribution in [3.8, 4) is 0 Å². The molecule has 0 aromatic heterocycles. The van der Waals surface area contributed by atoms with Crippen molar-refractivity contribution in [1.82, 2.24) is 19.8 Å². The number of carboxylic acids is 4. The number of nitrogens with zero attached hydrogens (tertiary/aromatic N) is 5. The van der Waals surface area contributed by atoms with Crippen LogP contribution >= 0.6 is 12.2 Å². The zero-order valence-electron chi connectivity index (χ0n) is 20.9. The lowest BCUT2D eigenvalue weighted by atomic mass is 10.1. The number of carboxylic acid groups (broad SMARTS) is 4. The lowest BCUT2D eigenvalue weighted by Gasteiger charge is -2.44. The number of isothiocyanates is 1. The van der Waals surface area contributed by atoms with E-state index in [9.17, 15) is 39.6 Å². The summed E-state index contributed by atoms with van der Waals surface area (Å²) in [6.07, 6.45) is 1.19. The maximum absolute atomic E-state index is 11.9. The number of carbonyl (C=O) groups is 4. The highest BCUT2D eigenvalue weighted by molar-refractivity contribution is 7.78. The molecule has 1 atom stereocenters. The Balaban J connectivity index is 2.56. The minimum Gasteiger partial charge on any atom is -0.480 e. The summed E-state index contributed by atoms with van der Waals surface area (Å²) in [4.78, 5) is 54.1. The molecule has 0 amide bonds. The molecular weight excluding hydrogens is 518 g/mol. The van der Waals surface area contributed by atoms with E-state index in [1.807, 2.05) is 0 Å². The predicted molar refractivity (Wildman–Crippen MR) is 139 cm³/mol. The van der Waals surface area contributed by atoms with Gasteiger partial charge in [0.2, 0.25) is 0 Å². The van der Waals surface area contributed by atoms with E-state index in [1.165, 1.54) is 10.0 Å². The molecule has 13 nitrogen and oxygen atoms in total. The normalized spacial score (nSPS) is 19.0. The van der Waals surface area contributed by atoms with Gasteiger partial charge >= 0.3 is 23.9 Å². The van der Waals surface area contributed by atoms with Crippen LogP contribution in [0.4, 0.5) is 5.69 Å². The van der Waals surface area contributed by atoms with Crippen LogP contribution in [-0.4, -0.2) is 128 Å². The fraction of sp³-hybridized carbons (Fsp3) is 0.542. The van der Waals surface area contributed by atoms with Crippen molar-refractivity contribution in [3.05, 3.63) is 29.8 Å². The topological polar surface area (TPSA) is 175 Å². The van der Waals surface area contributed by atoms with Crippen LogP contribution in [0.1, 0.15) is 24.8 Å². The van der Waals surface area contributed by atoms with Gasteiger partial charge in [-0.15, -0.1) is 0 Å². The van der Waals surface area contributed by atoms with Gasteiger partial charge in [-0.3, -0.25) is 29.0 Å². The van der Waals surface area contributed by atoms with Gasteiger partial charge in [0.25, 0.3) is 0 Å². The highest BCUT2D eigenvalue weighted by atomic mass is 32.1. The number of thiocarbonyl (C=S) groups is 1. The summed E-state index contributed by atoms with van der Waals surface area (Å²) in [5.74, 6) is -4.51. The first-order chi connectivity index (χ1) is 18.1. The fourth-order valence-electron chi connectivity index (χ4n) is 4.42. The second kappa shape index (κ2) is 15.9. The van der Waals surface area contributed by atoms with Gasteiger partial charge in [-0.05, 0) is 49.3 Å². The molecule has 208 valence electrons. The second-order valence-corrected chi connectivity index (χ2v) is 9.10. The summed E-state index contributed by atoms with van der Waals surface area (Å²) in [6.45, 7) is -0.617. The van der Waals surface area contributed by atoms with E-state index in [0.717, 1.165) is 5.56 Å². The first kappa shape index (κ1) is 31.0. The predicted octanol–water partition coefficient (Wildman–Crippen LogP) is 0.935. The van der Waals surface area contributed by atoms with Crippen molar-refractivity contribution in [2.24, 2.45) is 4.99 Å². The van der Waals surface area contributed by atoms with Crippen molar-refractivity contribution in [1.29, 1.82) is 0 Å². The van der Waals surface area contributed by atoms with Crippen molar-refractivity contribution in [2.45, 2.75) is 31.8 Å². The van der Waals surface area contributed by atoms with Crippen LogP contribution in [0.5, 0.6) is 0 Å². The summed E-state index contributed by atoms with van der Waals surface area (Å²) >= 11 is 4.63. The number of rotatable bonds is 11. The highest BCUT2D eigenvalue weighted by Gasteiger charge is 2.34. The van der Waals surface area contributed by atoms with Gasteiger partial charge in [0, 0.05) is 26.1 Å². The molecule has 1 aliphatic heterocycles. The Morgan fingerprint density at radius 2 is 1.39 bits per heavy atom. The van der Waals surface area contributed by atoms with Crippen LogP contribution in [0, 0.1) is 0 Å². The molecule has 2 rings (SSSR count). The first-order valence-electron chi connectivity index (χ1n) is 12.1. The molecule has 1 saturated heterocycles. The van der Waals surface area contributed by atoms with E-state index in [2.05, 4.69) is 22.4 Å². The molecule has 1 heterocycles. The average molecular weight is 552 g/mol. The minimum atomic E-state index is -1.20. The minimum absolute atomic E-state index is 0.120. The van der Waals surface area contributed by atoms with Crippen LogP contribution in [0.15, 0.2) is 29.3 Å². The molecule has 0 radical (unpaired) electrons. The van der Waals surface area contributed by atoms with Gasteiger partial charge in [0.1, 0.15) is 13.1 Å². The Morgan fingerprint density at radius 1 is 0.789 bits per heavy atom. The molecule has 0 aliphatic carbocycles. The smallest absolute Gasteiger partial charge is 0.319 e. The lowest BCUT2D eigenvalue weighted by Crippen LogP contribution is -2.61. The zero-order chi connectivity index (χ0) is 28.1. The van der Waals surface area contributed by atoms with Gasteiger partial charge < -0.3 is 20.4 Å². The molecule has 1 aromatic carbocycles. The van der Waals surface area contributed by atoms with Crippen LogP contribution < -0.4 is 0 Å². The van der Waals surface area contributed by atoms with Crippen LogP contribution in [0.3, 0.4) is 0 Å². The molecule has 1 aromatic rings. The Bertz CT molecular complexity index is 1020. The maximum Gasteiger partial charge on any atom is 0.319 e. The Hall–Kier alpha value is -3.26. The fourth-order valence-corrected chi connectivity index (χ4v) is 4.53.